The molecule has 1 N–H and O–H groups in total. The number of pyridine rings is 1. The Morgan fingerprint density at radius 2 is 2.00 bits per heavy atom. The first-order valence-corrected chi connectivity index (χ1v) is 10.2. The lowest BCUT2D eigenvalue weighted by Crippen LogP contribution is -2.35. The van der Waals surface area contributed by atoms with Crippen LogP contribution in [0.15, 0.2) is 55.0 Å². The van der Waals surface area contributed by atoms with Crippen molar-refractivity contribution in [2.45, 2.75) is 38.3 Å². The van der Waals surface area contributed by atoms with Crippen LogP contribution in [-0.4, -0.2) is 32.9 Å². The number of nitrogens with zero attached hydrogens (tertiary/aromatic N) is 4. The molecule has 2 aromatic heterocycles. The second-order valence-electron chi connectivity index (χ2n) is 7.98. The molecule has 154 valence electrons. The van der Waals surface area contributed by atoms with Gasteiger partial charge in [0.05, 0.1) is 18.3 Å². The summed E-state index contributed by atoms with van der Waals surface area (Å²) in [5, 5.41) is 3.07. The standard InChI is InChI=1S/C23H22FN5O.H2/c1-14-5-6-16(10-18(14)22-26-12-15(24)13-27-22)28-23(30)19-11-17-7-8-20(19)29(17)21-4-2-3-9-25-21;/h2-6,9-10,12-13,17,19-20H,7-8,11H2,1H3,(H,28,30);1H/t17-,19-,20?;/m0./s1. The molecule has 3 atom stereocenters. The number of carbonyl (C=O) groups is 1. The first-order chi connectivity index (χ1) is 14.6. The summed E-state index contributed by atoms with van der Waals surface area (Å²) in [5.41, 5.74) is 2.43. The van der Waals surface area contributed by atoms with Crippen LogP contribution in [-0.2, 0) is 4.79 Å². The Bertz CT molecular complexity index is 1080. The number of carbonyl (C=O) groups excluding carboxylic acids is 1. The number of rotatable bonds is 4. The van der Waals surface area contributed by atoms with Crippen molar-refractivity contribution in [2.75, 3.05) is 10.2 Å². The quantitative estimate of drug-likeness (QED) is 0.703. The van der Waals surface area contributed by atoms with E-state index in [4.69, 9.17) is 0 Å². The zero-order valence-corrected chi connectivity index (χ0v) is 16.6. The van der Waals surface area contributed by atoms with Gasteiger partial charge in [-0.05, 0) is 56.0 Å². The Kier molecular flexibility index (Phi) is 4.65. The number of anilines is 2. The van der Waals surface area contributed by atoms with E-state index in [9.17, 15) is 9.18 Å². The van der Waals surface area contributed by atoms with E-state index in [2.05, 4.69) is 25.2 Å². The number of benzene rings is 1. The Morgan fingerprint density at radius 1 is 1.17 bits per heavy atom. The summed E-state index contributed by atoms with van der Waals surface area (Å²) >= 11 is 0. The van der Waals surface area contributed by atoms with E-state index in [0.29, 0.717) is 17.6 Å². The Labute approximate surface area is 175 Å². The van der Waals surface area contributed by atoms with Gasteiger partial charge < -0.3 is 10.2 Å². The highest BCUT2D eigenvalue weighted by molar-refractivity contribution is 5.94. The highest BCUT2D eigenvalue weighted by Crippen LogP contribution is 2.44. The molecule has 2 aliphatic rings. The van der Waals surface area contributed by atoms with Crippen LogP contribution in [0.5, 0.6) is 0 Å². The minimum absolute atomic E-state index is 0. The highest BCUT2D eigenvalue weighted by Gasteiger charge is 2.49. The molecule has 3 aromatic rings. The summed E-state index contributed by atoms with van der Waals surface area (Å²) in [5.74, 6) is 0.864. The topological polar surface area (TPSA) is 71.0 Å². The number of hydrogen-bond donors (Lipinski definition) is 1. The molecular weight excluding hydrogens is 381 g/mol. The minimum atomic E-state index is -0.477. The molecule has 4 heterocycles. The van der Waals surface area contributed by atoms with Crippen molar-refractivity contribution >= 4 is 17.4 Å². The molecule has 1 amide bonds. The van der Waals surface area contributed by atoms with Crippen molar-refractivity contribution in [3.63, 3.8) is 0 Å². The third-order valence-electron chi connectivity index (χ3n) is 6.15. The van der Waals surface area contributed by atoms with E-state index in [1.54, 1.807) is 6.20 Å². The summed E-state index contributed by atoms with van der Waals surface area (Å²) in [4.78, 5) is 28.1. The van der Waals surface area contributed by atoms with E-state index in [1.807, 2.05) is 43.3 Å². The lowest BCUT2D eigenvalue weighted by Gasteiger charge is -2.25. The largest absolute Gasteiger partial charge is 0.350 e. The number of amides is 1. The van der Waals surface area contributed by atoms with E-state index in [0.717, 1.165) is 48.6 Å². The minimum Gasteiger partial charge on any atom is -0.350 e. The maximum Gasteiger partial charge on any atom is 0.229 e. The molecule has 30 heavy (non-hydrogen) atoms. The lowest BCUT2D eigenvalue weighted by atomic mass is 9.88. The maximum absolute atomic E-state index is 13.2. The highest BCUT2D eigenvalue weighted by atomic mass is 19.1. The van der Waals surface area contributed by atoms with Crippen LogP contribution in [0, 0.1) is 18.7 Å². The molecule has 2 fully saturated rings. The number of hydrogen-bond acceptors (Lipinski definition) is 5. The average Bonchev–Trinajstić information content (AvgIpc) is 3.35. The number of fused-ring (bicyclic) bond motifs is 2. The van der Waals surface area contributed by atoms with Crippen molar-refractivity contribution in [3.8, 4) is 11.4 Å². The molecule has 5 rings (SSSR count). The van der Waals surface area contributed by atoms with Crippen molar-refractivity contribution in [2.24, 2.45) is 5.92 Å². The van der Waals surface area contributed by atoms with Gasteiger partial charge in [-0.1, -0.05) is 12.1 Å². The number of nitrogens with one attached hydrogen (secondary N) is 1. The number of aryl methyl sites for hydroxylation is 1. The molecule has 7 heteroatoms. The Morgan fingerprint density at radius 3 is 2.77 bits per heavy atom. The van der Waals surface area contributed by atoms with Crippen LogP contribution in [0.1, 0.15) is 26.3 Å². The fourth-order valence-electron chi connectivity index (χ4n) is 4.76. The zero-order chi connectivity index (χ0) is 20.7. The van der Waals surface area contributed by atoms with Gasteiger partial charge in [0.1, 0.15) is 5.82 Å². The van der Waals surface area contributed by atoms with Gasteiger partial charge in [0.2, 0.25) is 5.91 Å². The van der Waals surface area contributed by atoms with Crippen molar-refractivity contribution in [1.82, 2.24) is 15.0 Å². The Balaban J connectivity index is 0.00000231. The van der Waals surface area contributed by atoms with E-state index < -0.39 is 5.82 Å². The van der Waals surface area contributed by atoms with Crippen molar-refractivity contribution in [3.05, 3.63) is 66.4 Å². The van der Waals surface area contributed by atoms with E-state index in [1.165, 1.54) is 0 Å². The van der Waals surface area contributed by atoms with Crippen molar-refractivity contribution in [1.29, 1.82) is 0 Å². The van der Waals surface area contributed by atoms with Gasteiger partial charge in [-0.3, -0.25) is 4.79 Å². The van der Waals surface area contributed by atoms with E-state index in [-0.39, 0.29) is 19.3 Å². The summed E-state index contributed by atoms with van der Waals surface area (Å²) in [7, 11) is 0. The lowest BCUT2D eigenvalue weighted by molar-refractivity contribution is -0.120. The molecule has 0 radical (unpaired) electrons. The predicted octanol–water partition coefficient (Wildman–Crippen LogP) is 4.23. The van der Waals surface area contributed by atoms with Crippen LogP contribution in [0.25, 0.3) is 11.4 Å². The number of halogens is 1. The normalized spacial score (nSPS) is 22.3. The Hall–Kier alpha value is -3.35. The summed E-state index contributed by atoms with van der Waals surface area (Å²) in [6, 6.07) is 12.1. The molecule has 0 aliphatic carbocycles. The third-order valence-corrected chi connectivity index (χ3v) is 6.15. The fourth-order valence-corrected chi connectivity index (χ4v) is 4.76. The molecular formula is C23H24FN5O. The molecule has 2 saturated heterocycles. The van der Waals surface area contributed by atoms with Crippen LogP contribution in [0.2, 0.25) is 0 Å². The van der Waals surface area contributed by atoms with Gasteiger partial charge >= 0.3 is 0 Å². The molecule has 1 unspecified atom stereocenters. The molecule has 2 aliphatic heterocycles. The van der Waals surface area contributed by atoms with Gasteiger partial charge in [-0.15, -0.1) is 0 Å². The smallest absolute Gasteiger partial charge is 0.229 e. The molecule has 2 bridgehead atoms. The van der Waals surface area contributed by atoms with Crippen LogP contribution in [0.4, 0.5) is 15.9 Å². The van der Waals surface area contributed by atoms with Gasteiger partial charge in [-0.25, -0.2) is 19.3 Å². The summed E-state index contributed by atoms with van der Waals surface area (Å²) in [6.07, 6.45) is 7.03. The summed E-state index contributed by atoms with van der Waals surface area (Å²) < 4.78 is 13.2. The first-order valence-electron chi connectivity index (χ1n) is 10.2. The van der Waals surface area contributed by atoms with Gasteiger partial charge in [0.15, 0.2) is 11.6 Å². The van der Waals surface area contributed by atoms with Gasteiger partial charge in [0.25, 0.3) is 0 Å². The fraction of sp³-hybridized carbons (Fsp3) is 0.304. The van der Waals surface area contributed by atoms with Crippen LogP contribution < -0.4 is 10.2 Å². The van der Waals surface area contributed by atoms with Crippen molar-refractivity contribution < 1.29 is 10.6 Å². The van der Waals surface area contributed by atoms with Gasteiger partial charge in [-0.2, -0.15) is 0 Å². The average molecular weight is 405 g/mol. The second kappa shape index (κ2) is 7.48. The molecule has 1 aromatic carbocycles. The predicted molar refractivity (Wildman–Crippen MR) is 115 cm³/mol. The monoisotopic (exact) mass is 405 g/mol. The van der Waals surface area contributed by atoms with Crippen LogP contribution >= 0.6 is 0 Å². The zero-order valence-electron chi connectivity index (χ0n) is 16.6. The summed E-state index contributed by atoms with van der Waals surface area (Å²) in [6.45, 7) is 1.94. The number of aromatic nitrogens is 3. The van der Waals surface area contributed by atoms with E-state index >= 15 is 0 Å². The molecule has 0 saturated carbocycles. The first kappa shape index (κ1) is 18.7. The maximum atomic E-state index is 13.2. The van der Waals surface area contributed by atoms with Crippen LogP contribution in [0.3, 0.4) is 0 Å². The third kappa shape index (κ3) is 3.30. The molecule has 6 nitrogen and oxygen atoms in total. The SMILES string of the molecule is Cc1ccc(NC(=O)[C@H]2C[C@@H]3CCC2N3c2ccccn2)cc1-c1ncc(F)cn1.[HH]. The second-order valence-corrected chi connectivity index (χ2v) is 7.98. The molecule has 0 spiro atoms. The van der Waals surface area contributed by atoms with Gasteiger partial charge in [0, 0.05) is 31.0 Å².